The molecule has 140 valence electrons. The van der Waals surface area contributed by atoms with Crippen molar-refractivity contribution in [3.8, 4) is 0 Å². The minimum Gasteiger partial charge on any atom is -0.356 e. The molecule has 0 unspecified atom stereocenters. The lowest BCUT2D eigenvalue weighted by atomic mass is 10.3. The first kappa shape index (κ1) is 17.1. The van der Waals surface area contributed by atoms with Crippen molar-refractivity contribution >= 4 is 23.2 Å². The van der Waals surface area contributed by atoms with Crippen LogP contribution in [0.15, 0.2) is 35.3 Å². The first-order valence-corrected chi connectivity index (χ1v) is 8.47. The van der Waals surface area contributed by atoms with Crippen molar-refractivity contribution < 1.29 is 13.6 Å². The Morgan fingerprint density at radius 1 is 1.15 bits per heavy atom. The highest BCUT2D eigenvalue weighted by Gasteiger charge is 2.17. The summed E-state index contributed by atoms with van der Waals surface area (Å²) >= 11 is 0. The van der Waals surface area contributed by atoms with E-state index in [1.807, 2.05) is 0 Å². The molecule has 0 radical (unpaired) electrons. The van der Waals surface area contributed by atoms with E-state index in [0.717, 1.165) is 48.6 Å². The van der Waals surface area contributed by atoms with E-state index in [0.29, 0.717) is 0 Å². The summed E-state index contributed by atoms with van der Waals surface area (Å²) < 4.78 is 28.4. The van der Waals surface area contributed by atoms with E-state index in [2.05, 4.69) is 20.3 Å². The number of fused-ring (bicyclic) bond motifs is 1. The summed E-state index contributed by atoms with van der Waals surface area (Å²) in [6.45, 7) is 1.44. The van der Waals surface area contributed by atoms with Crippen LogP contribution in [-0.2, 0) is 11.3 Å². The summed E-state index contributed by atoms with van der Waals surface area (Å²) in [5.41, 5.74) is -0.420. The molecule has 4 rings (SSSR count). The number of carbonyl (C=O) groups excluding carboxylic acids is 1. The van der Waals surface area contributed by atoms with Crippen LogP contribution in [0.2, 0.25) is 0 Å². The van der Waals surface area contributed by atoms with E-state index in [-0.39, 0.29) is 18.0 Å². The number of aromatic nitrogens is 4. The van der Waals surface area contributed by atoms with Gasteiger partial charge < -0.3 is 10.2 Å². The van der Waals surface area contributed by atoms with Crippen molar-refractivity contribution in [3.05, 3.63) is 52.6 Å². The number of nitrogens with zero attached hydrogens (tertiary/aromatic N) is 5. The fourth-order valence-electron chi connectivity index (χ4n) is 3.03. The third-order valence-corrected chi connectivity index (χ3v) is 4.37. The van der Waals surface area contributed by atoms with Crippen LogP contribution in [0.3, 0.4) is 0 Å². The second-order valence-electron chi connectivity index (χ2n) is 6.27. The van der Waals surface area contributed by atoms with Crippen LogP contribution >= 0.6 is 0 Å². The molecule has 0 bridgehead atoms. The second kappa shape index (κ2) is 6.78. The average Bonchev–Trinajstić information content (AvgIpc) is 3.27. The predicted octanol–water partition coefficient (Wildman–Crippen LogP) is 1.41. The minimum absolute atomic E-state index is 0.0881. The third-order valence-electron chi connectivity index (χ3n) is 4.37. The Balaban J connectivity index is 1.54. The molecule has 1 fully saturated rings. The number of nitrogens with one attached hydrogen (secondary N) is 1. The van der Waals surface area contributed by atoms with Crippen LogP contribution in [0, 0.1) is 11.6 Å². The van der Waals surface area contributed by atoms with Gasteiger partial charge in [0.25, 0.3) is 5.78 Å². The Labute approximate surface area is 152 Å². The fourth-order valence-corrected chi connectivity index (χ4v) is 3.03. The van der Waals surface area contributed by atoms with Gasteiger partial charge in [-0.25, -0.2) is 22.7 Å². The highest BCUT2D eigenvalue weighted by Crippen LogP contribution is 2.17. The van der Waals surface area contributed by atoms with Gasteiger partial charge in [0, 0.05) is 31.0 Å². The van der Waals surface area contributed by atoms with Gasteiger partial charge in [-0.1, -0.05) is 0 Å². The second-order valence-corrected chi connectivity index (χ2v) is 6.27. The Bertz CT molecular complexity index is 1070. The van der Waals surface area contributed by atoms with E-state index >= 15 is 0 Å². The van der Waals surface area contributed by atoms with E-state index in [1.54, 1.807) is 12.3 Å². The number of amides is 1. The van der Waals surface area contributed by atoms with Crippen LogP contribution in [0.25, 0.3) is 5.78 Å². The van der Waals surface area contributed by atoms with E-state index in [9.17, 15) is 18.4 Å². The molecule has 0 saturated carbocycles. The first-order valence-electron chi connectivity index (χ1n) is 8.47. The molecule has 1 aliphatic rings. The van der Waals surface area contributed by atoms with Crippen molar-refractivity contribution in [2.75, 3.05) is 23.3 Å². The van der Waals surface area contributed by atoms with E-state index in [1.165, 1.54) is 10.5 Å². The molecule has 3 aromatic rings. The molecule has 27 heavy (non-hydrogen) atoms. The molecular weight excluding hydrogens is 358 g/mol. The Kier molecular flexibility index (Phi) is 4.30. The van der Waals surface area contributed by atoms with Gasteiger partial charge in [-0.3, -0.25) is 4.79 Å². The van der Waals surface area contributed by atoms with Gasteiger partial charge in [0.05, 0.1) is 0 Å². The molecular formula is C17H16F2N6O2. The summed E-state index contributed by atoms with van der Waals surface area (Å²) in [5.74, 6) is -1.74. The molecule has 0 atom stereocenters. The van der Waals surface area contributed by atoms with Gasteiger partial charge >= 0.3 is 5.69 Å². The SMILES string of the molecule is O=C(Cn1nc2nc(N3CCCC3)ccn2c1=O)Nc1ccc(F)c(F)c1. The molecule has 1 saturated heterocycles. The maximum Gasteiger partial charge on any atom is 0.352 e. The number of hydrogen-bond donors (Lipinski definition) is 1. The Morgan fingerprint density at radius 2 is 1.93 bits per heavy atom. The summed E-state index contributed by atoms with van der Waals surface area (Å²) in [4.78, 5) is 31.0. The van der Waals surface area contributed by atoms with Crippen LogP contribution < -0.4 is 15.9 Å². The number of carbonyl (C=O) groups is 1. The number of anilines is 2. The van der Waals surface area contributed by atoms with Crippen LogP contribution in [0.1, 0.15) is 12.8 Å². The van der Waals surface area contributed by atoms with Gasteiger partial charge in [0.2, 0.25) is 5.91 Å². The first-order chi connectivity index (χ1) is 13.0. The molecule has 0 spiro atoms. The fraction of sp³-hybridized carbons (Fsp3) is 0.294. The maximum atomic E-state index is 13.2. The average molecular weight is 374 g/mol. The zero-order valence-corrected chi connectivity index (χ0v) is 14.2. The summed E-state index contributed by atoms with van der Waals surface area (Å²) in [6, 6.07) is 4.75. The largest absolute Gasteiger partial charge is 0.356 e. The minimum atomic E-state index is -1.07. The van der Waals surface area contributed by atoms with Crippen LogP contribution in [0.5, 0.6) is 0 Å². The molecule has 1 aromatic carbocycles. The van der Waals surface area contributed by atoms with Crippen molar-refractivity contribution in [2.24, 2.45) is 0 Å². The van der Waals surface area contributed by atoms with Gasteiger partial charge in [-0.2, -0.15) is 4.98 Å². The molecule has 10 heteroatoms. The number of rotatable bonds is 4. The molecule has 8 nitrogen and oxygen atoms in total. The Hall–Kier alpha value is -3.30. The zero-order valence-electron chi connectivity index (χ0n) is 14.2. The Morgan fingerprint density at radius 3 is 2.67 bits per heavy atom. The third kappa shape index (κ3) is 3.37. The molecule has 2 aromatic heterocycles. The van der Waals surface area contributed by atoms with Gasteiger partial charge in [-0.05, 0) is 31.0 Å². The summed E-state index contributed by atoms with van der Waals surface area (Å²) in [7, 11) is 0. The van der Waals surface area contributed by atoms with E-state index < -0.39 is 23.2 Å². The quantitative estimate of drug-likeness (QED) is 0.746. The van der Waals surface area contributed by atoms with Crippen LogP contribution in [0.4, 0.5) is 20.3 Å². The topological polar surface area (TPSA) is 84.5 Å². The standard InChI is InChI=1S/C17H16F2N6O2/c18-12-4-3-11(9-13(12)19)20-15(26)10-25-17(27)24-8-5-14(21-16(24)22-25)23-6-1-2-7-23/h3-5,8-9H,1-2,6-7,10H2,(H,20,26). The van der Waals surface area contributed by atoms with Crippen molar-refractivity contribution in [3.63, 3.8) is 0 Å². The van der Waals surface area contributed by atoms with Gasteiger partial charge in [0.1, 0.15) is 12.4 Å². The molecule has 0 aliphatic carbocycles. The smallest absolute Gasteiger partial charge is 0.352 e. The highest BCUT2D eigenvalue weighted by molar-refractivity contribution is 5.90. The molecule has 1 amide bonds. The van der Waals surface area contributed by atoms with E-state index in [4.69, 9.17) is 0 Å². The maximum absolute atomic E-state index is 13.2. The van der Waals surface area contributed by atoms with Gasteiger partial charge in [0.15, 0.2) is 11.6 Å². The van der Waals surface area contributed by atoms with Crippen molar-refractivity contribution in [1.82, 2.24) is 19.2 Å². The van der Waals surface area contributed by atoms with Crippen molar-refractivity contribution in [1.29, 1.82) is 0 Å². The summed E-state index contributed by atoms with van der Waals surface area (Å²) in [5, 5.41) is 6.49. The number of halogens is 2. The lowest BCUT2D eigenvalue weighted by Crippen LogP contribution is -2.28. The van der Waals surface area contributed by atoms with Crippen molar-refractivity contribution in [2.45, 2.75) is 19.4 Å². The highest BCUT2D eigenvalue weighted by atomic mass is 19.2. The monoisotopic (exact) mass is 374 g/mol. The molecule has 3 heterocycles. The summed E-state index contributed by atoms with van der Waals surface area (Å²) in [6.07, 6.45) is 3.77. The number of benzene rings is 1. The molecule has 1 N–H and O–H groups in total. The molecule has 1 aliphatic heterocycles. The lowest BCUT2D eigenvalue weighted by Gasteiger charge is -2.15. The van der Waals surface area contributed by atoms with Gasteiger partial charge in [-0.15, -0.1) is 5.10 Å². The normalized spacial score (nSPS) is 14.1. The number of hydrogen-bond acceptors (Lipinski definition) is 5. The lowest BCUT2D eigenvalue weighted by molar-refractivity contribution is -0.117. The zero-order chi connectivity index (χ0) is 19.0. The van der Waals surface area contributed by atoms with Crippen LogP contribution in [-0.4, -0.2) is 38.2 Å². The predicted molar refractivity (Wildman–Crippen MR) is 93.7 cm³/mol.